The van der Waals surface area contributed by atoms with Crippen molar-refractivity contribution < 1.29 is 23.8 Å². The van der Waals surface area contributed by atoms with Crippen molar-refractivity contribution in [1.82, 2.24) is 5.32 Å². The number of carbonyl (C=O) groups is 2. The number of nitrogens with one attached hydrogen (secondary N) is 1. The van der Waals surface area contributed by atoms with Crippen LogP contribution in [0.25, 0.3) is 0 Å². The van der Waals surface area contributed by atoms with E-state index in [0.29, 0.717) is 39.3 Å². The summed E-state index contributed by atoms with van der Waals surface area (Å²) in [4.78, 5) is 23.2. The molecule has 0 aliphatic heterocycles. The summed E-state index contributed by atoms with van der Waals surface area (Å²) in [5.74, 6) is -0.247. The lowest BCUT2D eigenvalue weighted by Gasteiger charge is -2.09. The molecular weight excluding hydrogens is 453 g/mol. The maximum atomic E-state index is 12.0. The minimum atomic E-state index is -0.883. The Hall–Kier alpha value is -1.11. The Labute approximate surface area is 167 Å². The number of rotatable bonds is 14. The van der Waals surface area contributed by atoms with Gasteiger partial charge in [-0.05, 0) is 41.1 Å². The lowest BCUT2D eigenvalue weighted by molar-refractivity contribution is -0.126. The van der Waals surface area contributed by atoms with E-state index < -0.39 is 6.29 Å². The van der Waals surface area contributed by atoms with Gasteiger partial charge in [-0.25, -0.2) is 0 Å². The van der Waals surface area contributed by atoms with Crippen LogP contribution < -0.4 is 16.8 Å². The molecule has 1 amide bonds. The number of amides is 1. The molecule has 1 aromatic carbocycles. The van der Waals surface area contributed by atoms with E-state index in [-0.39, 0.29) is 24.9 Å². The molecule has 26 heavy (non-hydrogen) atoms. The zero-order valence-corrected chi connectivity index (χ0v) is 16.8. The molecule has 0 aromatic heterocycles. The molecular formula is C17H26IN3O5. The summed E-state index contributed by atoms with van der Waals surface area (Å²) in [6.07, 6.45) is 0.251. The minimum absolute atomic E-state index is 0.112. The van der Waals surface area contributed by atoms with Crippen molar-refractivity contribution in [3.05, 3.63) is 33.4 Å². The molecule has 0 bridgehead atoms. The van der Waals surface area contributed by atoms with Crippen LogP contribution in [0.5, 0.6) is 0 Å². The van der Waals surface area contributed by atoms with Crippen molar-refractivity contribution in [2.24, 2.45) is 11.5 Å². The summed E-state index contributed by atoms with van der Waals surface area (Å²) in [5, 5.41) is 2.30. The number of ketones is 1. The second-order valence-electron chi connectivity index (χ2n) is 5.41. The number of benzene rings is 1. The summed E-state index contributed by atoms with van der Waals surface area (Å²) in [6, 6.07) is 7.55. The van der Waals surface area contributed by atoms with E-state index in [1.54, 1.807) is 0 Å². The number of ether oxygens (including phenoxy) is 3. The Morgan fingerprint density at radius 1 is 1.04 bits per heavy atom. The fourth-order valence-electron chi connectivity index (χ4n) is 1.97. The van der Waals surface area contributed by atoms with Crippen LogP contribution in [0.3, 0.4) is 0 Å². The highest BCUT2D eigenvalue weighted by molar-refractivity contribution is 14.1. The summed E-state index contributed by atoms with van der Waals surface area (Å²) < 4.78 is 16.9. The van der Waals surface area contributed by atoms with E-state index in [1.807, 2.05) is 24.3 Å². The Balaban J connectivity index is 1.90. The molecule has 0 unspecified atom stereocenters. The van der Waals surface area contributed by atoms with Crippen molar-refractivity contribution in [1.29, 1.82) is 0 Å². The first-order valence-electron chi connectivity index (χ1n) is 8.31. The predicted molar refractivity (Wildman–Crippen MR) is 105 cm³/mol. The van der Waals surface area contributed by atoms with Crippen molar-refractivity contribution in [2.45, 2.75) is 19.1 Å². The minimum Gasteiger partial charge on any atom is -0.379 e. The lowest BCUT2D eigenvalue weighted by Crippen LogP contribution is -2.49. The molecule has 0 aliphatic carbocycles. The Morgan fingerprint density at radius 3 is 2.35 bits per heavy atom. The highest BCUT2D eigenvalue weighted by Crippen LogP contribution is 2.10. The molecule has 0 fully saturated rings. The molecule has 9 heteroatoms. The summed E-state index contributed by atoms with van der Waals surface area (Å²) in [6.45, 7) is 1.91. The SMILES string of the molecule is NC(N)NC(=O)COCCOCCOCCCC(=O)c1cccc([127I])c1. The summed E-state index contributed by atoms with van der Waals surface area (Å²) in [7, 11) is 0. The fraction of sp³-hybridized carbons (Fsp3) is 0.529. The maximum Gasteiger partial charge on any atom is 0.248 e. The summed E-state index contributed by atoms with van der Waals surface area (Å²) >= 11 is 2.19. The van der Waals surface area contributed by atoms with Gasteiger partial charge in [-0.3, -0.25) is 21.1 Å². The fourth-order valence-corrected chi connectivity index (χ4v) is 2.52. The average Bonchev–Trinajstić information content (AvgIpc) is 2.58. The molecule has 0 saturated heterocycles. The highest BCUT2D eigenvalue weighted by atomic mass is 127. The highest BCUT2D eigenvalue weighted by Gasteiger charge is 2.06. The zero-order chi connectivity index (χ0) is 19.2. The molecule has 5 N–H and O–H groups in total. The molecule has 146 valence electrons. The van der Waals surface area contributed by atoms with Gasteiger partial charge in [0.2, 0.25) is 5.91 Å². The monoisotopic (exact) mass is 479 g/mol. The average molecular weight is 479 g/mol. The van der Waals surface area contributed by atoms with Crippen LogP contribution in [-0.2, 0) is 19.0 Å². The van der Waals surface area contributed by atoms with Gasteiger partial charge in [0.1, 0.15) is 12.9 Å². The van der Waals surface area contributed by atoms with Gasteiger partial charge < -0.3 is 19.5 Å². The van der Waals surface area contributed by atoms with E-state index in [9.17, 15) is 9.59 Å². The maximum absolute atomic E-state index is 12.0. The van der Waals surface area contributed by atoms with E-state index in [1.165, 1.54) is 0 Å². The molecule has 0 atom stereocenters. The van der Waals surface area contributed by atoms with E-state index >= 15 is 0 Å². The van der Waals surface area contributed by atoms with Gasteiger partial charge in [0, 0.05) is 22.2 Å². The molecule has 0 radical (unpaired) electrons. The number of hydrogen-bond donors (Lipinski definition) is 3. The predicted octanol–water partition coefficient (Wildman–Crippen LogP) is 0.621. The van der Waals surface area contributed by atoms with Crippen LogP contribution in [0.2, 0.25) is 0 Å². The van der Waals surface area contributed by atoms with E-state index in [4.69, 9.17) is 25.7 Å². The third-order valence-electron chi connectivity index (χ3n) is 3.14. The standard InChI is InChI=1S/C17H26IN3O5/c18-14-4-1-3-13(11-14)15(22)5-2-6-24-7-8-25-9-10-26-12-16(23)21-17(19)20/h1,3-4,11,17H,2,5-10,12,19-20H2,(H,21,23)/i18+0. The first-order valence-corrected chi connectivity index (χ1v) is 9.39. The van der Waals surface area contributed by atoms with Gasteiger partial charge in [-0.15, -0.1) is 0 Å². The van der Waals surface area contributed by atoms with Gasteiger partial charge in [0.05, 0.1) is 26.4 Å². The number of carbonyl (C=O) groups excluding carboxylic acids is 2. The van der Waals surface area contributed by atoms with E-state index in [0.717, 1.165) is 9.13 Å². The third-order valence-corrected chi connectivity index (χ3v) is 3.81. The largest absolute Gasteiger partial charge is 0.379 e. The first-order chi connectivity index (χ1) is 12.5. The van der Waals surface area contributed by atoms with Crippen molar-refractivity contribution in [3.63, 3.8) is 0 Å². The molecule has 0 aliphatic rings. The van der Waals surface area contributed by atoms with Crippen LogP contribution in [-0.4, -0.2) is 57.6 Å². The van der Waals surface area contributed by atoms with Crippen molar-refractivity contribution >= 4 is 34.3 Å². The normalized spacial score (nSPS) is 10.9. The van der Waals surface area contributed by atoms with Crippen LogP contribution in [0, 0.1) is 3.57 Å². The number of nitrogens with two attached hydrogens (primary N) is 2. The summed E-state index contributed by atoms with van der Waals surface area (Å²) in [5.41, 5.74) is 11.1. The Bertz CT molecular complexity index is 557. The van der Waals surface area contributed by atoms with Gasteiger partial charge in [0.15, 0.2) is 5.78 Å². The quantitative estimate of drug-likeness (QED) is 0.155. The van der Waals surface area contributed by atoms with Crippen LogP contribution in [0.1, 0.15) is 23.2 Å². The Morgan fingerprint density at radius 2 is 1.69 bits per heavy atom. The molecule has 1 rings (SSSR count). The van der Waals surface area contributed by atoms with Gasteiger partial charge in [-0.2, -0.15) is 0 Å². The van der Waals surface area contributed by atoms with Crippen LogP contribution in [0.15, 0.2) is 24.3 Å². The van der Waals surface area contributed by atoms with Crippen LogP contribution in [0.4, 0.5) is 0 Å². The molecule has 0 saturated carbocycles. The molecule has 8 nitrogen and oxygen atoms in total. The smallest absolute Gasteiger partial charge is 0.248 e. The van der Waals surface area contributed by atoms with Crippen molar-refractivity contribution in [2.75, 3.05) is 39.6 Å². The van der Waals surface area contributed by atoms with Gasteiger partial charge >= 0.3 is 0 Å². The second-order valence-corrected chi connectivity index (χ2v) is 6.65. The lowest BCUT2D eigenvalue weighted by atomic mass is 10.1. The zero-order valence-electron chi connectivity index (χ0n) is 14.6. The van der Waals surface area contributed by atoms with Gasteiger partial charge in [-0.1, -0.05) is 12.1 Å². The topological polar surface area (TPSA) is 126 Å². The van der Waals surface area contributed by atoms with E-state index in [2.05, 4.69) is 27.9 Å². The first kappa shape index (κ1) is 22.9. The second kappa shape index (κ2) is 14.0. The van der Waals surface area contributed by atoms with Crippen LogP contribution >= 0.6 is 22.6 Å². The molecule has 0 spiro atoms. The third kappa shape index (κ3) is 11.5. The number of halogens is 1. The van der Waals surface area contributed by atoms with Gasteiger partial charge in [0.25, 0.3) is 0 Å². The number of Topliss-reactive ketones (excluding diaryl/α,β-unsaturated/α-hetero) is 1. The Kier molecular flexibility index (Phi) is 12.4. The number of hydrogen-bond acceptors (Lipinski definition) is 7. The molecule has 0 heterocycles. The van der Waals surface area contributed by atoms with Crippen molar-refractivity contribution in [3.8, 4) is 0 Å². The molecule has 1 aromatic rings.